The minimum atomic E-state index is -1.29. The fraction of sp³-hybridized carbons (Fsp3) is 0.222. The number of hydrogen-bond donors (Lipinski definition) is 1. The largest absolute Gasteiger partial charge is 0.511 e. The van der Waals surface area contributed by atoms with Crippen LogP contribution in [0.15, 0.2) is 18.2 Å². The molecule has 1 aromatic rings. The molecule has 0 radical (unpaired) electrons. The summed E-state index contributed by atoms with van der Waals surface area (Å²) in [7, 11) is 0. The minimum absolute atomic E-state index is 0.344. The lowest BCUT2D eigenvalue weighted by Gasteiger charge is -2.01. The summed E-state index contributed by atoms with van der Waals surface area (Å²) in [6.07, 6.45) is -0.481. The van der Waals surface area contributed by atoms with Crippen LogP contribution in [0.25, 0.3) is 0 Å². The van der Waals surface area contributed by atoms with Crippen molar-refractivity contribution in [2.24, 2.45) is 0 Å². The van der Waals surface area contributed by atoms with Gasteiger partial charge in [-0.25, -0.2) is 4.79 Å². The number of carboxylic acid groups (broad SMARTS) is 1. The van der Waals surface area contributed by atoms with Crippen molar-refractivity contribution in [1.29, 1.82) is 0 Å². The maximum Gasteiger partial charge on any atom is 0.511 e. The van der Waals surface area contributed by atoms with Crippen molar-refractivity contribution in [2.45, 2.75) is 6.42 Å². The molecule has 0 bridgehead atoms. The van der Waals surface area contributed by atoms with E-state index in [-0.39, 0.29) is 0 Å². The van der Waals surface area contributed by atoms with Crippen molar-refractivity contribution in [2.75, 3.05) is 6.61 Å². The summed E-state index contributed by atoms with van der Waals surface area (Å²) in [5, 5.41) is 8.36. The SMILES string of the molecule is O=C(O)Oc1ccc2c(c1)CCO2. The lowest BCUT2D eigenvalue weighted by molar-refractivity contribution is 0.144. The van der Waals surface area contributed by atoms with Gasteiger partial charge in [-0.1, -0.05) is 0 Å². The Hall–Kier alpha value is -1.71. The molecular weight excluding hydrogens is 172 g/mol. The second-order valence-electron chi connectivity index (χ2n) is 2.74. The van der Waals surface area contributed by atoms with Crippen LogP contribution in [0, 0.1) is 0 Å². The molecule has 1 aliphatic rings. The minimum Gasteiger partial charge on any atom is -0.493 e. The third-order valence-electron chi connectivity index (χ3n) is 1.87. The van der Waals surface area contributed by atoms with Crippen molar-refractivity contribution in [3.63, 3.8) is 0 Å². The fourth-order valence-corrected chi connectivity index (χ4v) is 1.33. The summed E-state index contributed by atoms with van der Waals surface area (Å²) >= 11 is 0. The summed E-state index contributed by atoms with van der Waals surface area (Å²) in [6.45, 7) is 0.659. The number of rotatable bonds is 1. The molecule has 1 heterocycles. The van der Waals surface area contributed by atoms with Crippen LogP contribution < -0.4 is 9.47 Å². The van der Waals surface area contributed by atoms with E-state index in [4.69, 9.17) is 9.84 Å². The highest BCUT2D eigenvalue weighted by Gasteiger charge is 2.13. The van der Waals surface area contributed by atoms with Crippen LogP contribution in [0.2, 0.25) is 0 Å². The van der Waals surface area contributed by atoms with Gasteiger partial charge in [0.2, 0.25) is 0 Å². The predicted molar refractivity (Wildman–Crippen MR) is 44.3 cm³/mol. The van der Waals surface area contributed by atoms with E-state index in [2.05, 4.69) is 4.74 Å². The quantitative estimate of drug-likeness (QED) is 0.527. The van der Waals surface area contributed by atoms with E-state index in [9.17, 15) is 4.79 Å². The summed E-state index contributed by atoms with van der Waals surface area (Å²) in [6, 6.07) is 5.00. The fourth-order valence-electron chi connectivity index (χ4n) is 1.33. The first kappa shape index (κ1) is 7.91. The van der Waals surface area contributed by atoms with Crippen LogP contribution in [0.4, 0.5) is 4.79 Å². The van der Waals surface area contributed by atoms with Gasteiger partial charge < -0.3 is 14.6 Å². The van der Waals surface area contributed by atoms with Gasteiger partial charge in [-0.15, -0.1) is 0 Å². The van der Waals surface area contributed by atoms with E-state index in [1.54, 1.807) is 18.2 Å². The van der Waals surface area contributed by atoms with Gasteiger partial charge in [-0.05, 0) is 18.2 Å². The van der Waals surface area contributed by atoms with Gasteiger partial charge in [0.15, 0.2) is 0 Å². The molecule has 1 aliphatic heterocycles. The van der Waals surface area contributed by atoms with Crippen LogP contribution >= 0.6 is 0 Å². The van der Waals surface area contributed by atoms with Crippen LogP contribution in [-0.2, 0) is 6.42 Å². The Balaban J connectivity index is 2.25. The maximum absolute atomic E-state index is 10.2. The molecule has 0 fully saturated rings. The highest BCUT2D eigenvalue weighted by Crippen LogP contribution is 2.28. The second kappa shape index (κ2) is 2.97. The monoisotopic (exact) mass is 180 g/mol. The first-order valence-corrected chi connectivity index (χ1v) is 3.92. The molecule has 2 rings (SSSR count). The number of benzene rings is 1. The molecule has 0 saturated carbocycles. The topological polar surface area (TPSA) is 55.8 Å². The lowest BCUT2D eigenvalue weighted by Crippen LogP contribution is -2.02. The zero-order chi connectivity index (χ0) is 9.26. The third-order valence-corrected chi connectivity index (χ3v) is 1.87. The normalized spacial score (nSPS) is 13.2. The van der Waals surface area contributed by atoms with E-state index in [1.165, 1.54) is 0 Å². The second-order valence-corrected chi connectivity index (χ2v) is 2.74. The summed E-state index contributed by atoms with van der Waals surface area (Å²) < 4.78 is 9.76. The predicted octanol–water partition coefficient (Wildman–Crippen LogP) is 1.68. The van der Waals surface area contributed by atoms with Crippen molar-refractivity contribution in [1.82, 2.24) is 0 Å². The molecule has 4 heteroatoms. The Bertz CT molecular complexity index is 345. The van der Waals surface area contributed by atoms with Crippen LogP contribution in [0.1, 0.15) is 5.56 Å². The molecule has 0 unspecified atom stereocenters. The number of hydrogen-bond acceptors (Lipinski definition) is 3. The van der Waals surface area contributed by atoms with Crippen molar-refractivity contribution in [3.05, 3.63) is 23.8 Å². The lowest BCUT2D eigenvalue weighted by atomic mass is 10.2. The molecule has 0 saturated heterocycles. The van der Waals surface area contributed by atoms with Crippen molar-refractivity contribution in [3.8, 4) is 11.5 Å². The van der Waals surface area contributed by atoms with Crippen molar-refractivity contribution >= 4 is 6.16 Å². The molecule has 13 heavy (non-hydrogen) atoms. The van der Waals surface area contributed by atoms with Crippen molar-refractivity contribution < 1.29 is 19.4 Å². The molecule has 0 aliphatic carbocycles. The van der Waals surface area contributed by atoms with E-state index in [0.29, 0.717) is 12.4 Å². The van der Waals surface area contributed by atoms with Gasteiger partial charge >= 0.3 is 6.16 Å². The molecule has 0 spiro atoms. The summed E-state index contributed by atoms with van der Waals surface area (Å²) in [5.41, 5.74) is 0.999. The average Bonchev–Trinajstić information content (AvgIpc) is 2.49. The molecule has 1 N–H and O–H groups in total. The zero-order valence-electron chi connectivity index (χ0n) is 6.82. The van der Waals surface area contributed by atoms with Gasteiger partial charge in [0, 0.05) is 12.0 Å². The molecule has 1 aromatic carbocycles. The smallest absolute Gasteiger partial charge is 0.493 e. The molecule has 0 aromatic heterocycles. The number of fused-ring (bicyclic) bond motifs is 1. The Labute approximate surface area is 74.7 Å². The molecular formula is C9H8O4. The average molecular weight is 180 g/mol. The standard InChI is InChI=1S/C9H8O4/c10-9(11)13-7-1-2-8-6(5-7)3-4-12-8/h1-2,5H,3-4H2,(H,10,11). The third kappa shape index (κ3) is 1.56. The van der Waals surface area contributed by atoms with Gasteiger partial charge in [0.1, 0.15) is 11.5 Å². The van der Waals surface area contributed by atoms with Crippen LogP contribution in [0.5, 0.6) is 11.5 Å². The first-order chi connectivity index (χ1) is 6.25. The Kier molecular flexibility index (Phi) is 1.81. The Morgan fingerprint density at radius 3 is 3.15 bits per heavy atom. The molecule has 0 atom stereocenters. The van der Waals surface area contributed by atoms with Gasteiger partial charge in [0.25, 0.3) is 0 Å². The van der Waals surface area contributed by atoms with Gasteiger partial charge in [0.05, 0.1) is 6.61 Å². The number of carbonyl (C=O) groups is 1. The van der Waals surface area contributed by atoms with Gasteiger partial charge in [-0.2, -0.15) is 0 Å². The highest BCUT2D eigenvalue weighted by molar-refractivity contribution is 5.61. The van der Waals surface area contributed by atoms with Crippen LogP contribution in [-0.4, -0.2) is 17.9 Å². The summed E-state index contributed by atoms with van der Waals surface area (Å²) in [4.78, 5) is 10.2. The summed E-state index contributed by atoms with van der Waals surface area (Å²) in [5.74, 6) is 1.16. The molecule has 4 nitrogen and oxygen atoms in total. The maximum atomic E-state index is 10.2. The molecule has 68 valence electrons. The van der Waals surface area contributed by atoms with E-state index in [1.807, 2.05) is 0 Å². The molecule has 0 amide bonds. The Morgan fingerprint density at radius 2 is 2.38 bits per heavy atom. The zero-order valence-corrected chi connectivity index (χ0v) is 6.82. The Morgan fingerprint density at radius 1 is 1.54 bits per heavy atom. The van der Waals surface area contributed by atoms with E-state index in [0.717, 1.165) is 17.7 Å². The van der Waals surface area contributed by atoms with Gasteiger partial charge in [-0.3, -0.25) is 0 Å². The highest BCUT2D eigenvalue weighted by atomic mass is 16.7. The number of ether oxygens (including phenoxy) is 2. The van der Waals surface area contributed by atoms with E-state index < -0.39 is 6.16 Å². The van der Waals surface area contributed by atoms with E-state index >= 15 is 0 Å². The first-order valence-electron chi connectivity index (χ1n) is 3.92. The van der Waals surface area contributed by atoms with Crippen LogP contribution in [0.3, 0.4) is 0 Å².